The molecule has 0 aliphatic heterocycles. The van der Waals surface area contributed by atoms with E-state index in [1.807, 2.05) is 0 Å². The van der Waals surface area contributed by atoms with Gasteiger partial charge in [-0.15, -0.1) is 0 Å². The summed E-state index contributed by atoms with van der Waals surface area (Å²) >= 11 is -0.00722. The Morgan fingerprint density at radius 3 is 2.58 bits per heavy atom. The van der Waals surface area contributed by atoms with Crippen LogP contribution in [0.1, 0.15) is 6.42 Å². The third-order valence-corrected chi connectivity index (χ3v) is 2.29. The molecule has 1 aliphatic carbocycles. The highest BCUT2D eigenvalue weighted by Crippen LogP contribution is 2.36. The van der Waals surface area contributed by atoms with E-state index in [1.54, 1.807) is 6.08 Å². The number of rotatable bonds is 1. The molecule has 0 aromatic carbocycles. The molecule has 0 spiro atoms. The van der Waals surface area contributed by atoms with Crippen LogP contribution < -0.4 is 5.73 Å². The van der Waals surface area contributed by atoms with E-state index in [1.165, 1.54) is 12.2 Å². The summed E-state index contributed by atoms with van der Waals surface area (Å²) in [5.41, 5.74) is 1.72. The van der Waals surface area contributed by atoms with Crippen molar-refractivity contribution < 1.29 is 13.2 Å². The molecule has 12 heavy (non-hydrogen) atoms. The van der Waals surface area contributed by atoms with E-state index < -0.39 is 10.8 Å². The standard InChI is InChI=1S/C7H8F3NS/c8-7(9,10)12-6-3-1-5(11)2-4-6/h1-3,6H,4,11H2. The van der Waals surface area contributed by atoms with Gasteiger partial charge in [0.05, 0.1) is 0 Å². The van der Waals surface area contributed by atoms with Crippen molar-refractivity contribution in [3.63, 3.8) is 0 Å². The van der Waals surface area contributed by atoms with Crippen LogP contribution in [-0.4, -0.2) is 10.8 Å². The van der Waals surface area contributed by atoms with Gasteiger partial charge in [-0.05, 0) is 24.3 Å². The molecule has 0 radical (unpaired) electrons. The highest BCUT2D eigenvalue weighted by Gasteiger charge is 2.32. The zero-order valence-corrected chi connectivity index (χ0v) is 6.95. The van der Waals surface area contributed by atoms with Crippen LogP contribution in [0.4, 0.5) is 13.2 Å². The molecule has 0 amide bonds. The summed E-state index contributed by atoms with van der Waals surface area (Å²) in [4.78, 5) is 0. The van der Waals surface area contributed by atoms with E-state index in [9.17, 15) is 13.2 Å². The molecular weight excluding hydrogens is 187 g/mol. The van der Waals surface area contributed by atoms with E-state index in [0.717, 1.165) is 0 Å². The first-order valence-corrected chi connectivity index (χ1v) is 4.24. The molecule has 0 aromatic heterocycles. The van der Waals surface area contributed by atoms with Crippen LogP contribution in [0.2, 0.25) is 0 Å². The Morgan fingerprint density at radius 2 is 2.17 bits per heavy atom. The number of hydrogen-bond acceptors (Lipinski definition) is 2. The summed E-state index contributed by atoms with van der Waals surface area (Å²) in [6.45, 7) is 0. The molecule has 0 saturated carbocycles. The van der Waals surface area contributed by atoms with Crippen molar-refractivity contribution in [2.24, 2.45) is 5.73 Å². The van der Waals surface area contributed by atoms with Gasteiger partial charge in [-0.1, -0.05) is 12.2 Å². The van der Waals surface area contributed by atoms with Gasteiger partial charge in [-0.25, -0.2) is 0 Å². The summed E-state index contributed by atoms with van der Waals surface area (Å²) in [5, 5.41) is -0.516. The number of halogens is 3. The number of hydrogen-bond donors (Lipinski definition) is 1. The lowest BCUT2D eigenvalue weighted by atomic mass is 10.1. The lowest BCUT2D eigenvalue weighted by Gasteiger charge is -2.15. The topological polar surface area (TPSA) is 26.0 Å². The zero-order valence-electron chi connectivity index (χ0n) is 6.14. The molecule has 5 heteroatoms. The number of allylic oxidation sites excluding steroid dienone is 2. The SMILES string of the molecule is NC1=CCC(SC(F)(F)F)C=C1. The van der Waals surface area contributed by atoms with E-state index in [4.69, 9.17) is 5.73 Å². The molecule has 1 atom stereocenters. The van der Waals surface area contributed by atoms with Crippen molar-refractivity contribution in [2.75, 3.05) is 0 Å². The minimum atomic E-state index is -4.16. The minimum Gasteiger partial charge on any atom is -0.399 e. The van der Waals surface area contributed by atoms with Crippen molar-refractivity contribution >= 4 is 11.8 Å². The first kappa shape index (κ1) is 9.51. The smallest absolute Gasteiger partial charge is 0.399 e. The molecular formula is C7H8F3NS. The minimum absolute atomic E-state index is 0.00722. The molecule has 1 aliphatic rings. The summed E-state index contributed by atoms with van der Waals surface area (Å²) in [7, 11) is 0. The lowest BCUT2D eigenvalue weighted by molar-refractivity contribution is -0.0331. The maximum atomic E-state index is 11.8. The highest BCUT2D eigenvalue weighted by molar-refractivity contribution is 8.00. The Labute approximate surface area is 72.5 Å². The second kappa shape index (κ2) is 3.43. The Morgan fingerprint density at radius 1 is 1.50 bits per heavy atom. The van der Waals surface area contributed by atoms with Gasteiger partial charge in [0.25, 0.3) is 0 Å². The predicted octanol–water partition coefficient (Wildman–Crippen LogP) is 2.41. The normalized spacial score (nSPS) is 23.9. The van der Waals surface area contributed by atoms with Crippen LogP contribution >= 0.6 is 11.8 Å². The quantitative estimate of drug-likeness (QED) is 0.695. The monoisotopic (exact) mass is 195 g/mol. The Hall–Kier alpha value is -0.580. The number of alkyl halides is 3. The van der Waals surface area contributed by atoms with Crippen LogP contribution in [-0.2, 0) is 0 Å². The van der Waals surface area contributed by atoms with E-state index in [0.29, 0.717) is 12.1 Å². The average molecular weight is 195 g/mol. The van der Waals surface area contributed by atoms with Crippen molar-refractivity contribution in [2.45, 2.75) is 17.2 Å². The van der Waals surface area contributed by atoms with Crippen LogP contribution in [0.25, 0.3) is 0 Å². The fraction of sp³-hybridized carbons (Fsp3) is 0.429. The summed E-state index contributed by atoms with van der Waals surface area (Å²) in [6.07, 6.45) is 4.94. The zero-order chi connectivity index (χ0) is 9.19. The summed E-state index contributed by atoms with van der Waals surface area (Å²) in [6, 6.07) is 0. The molecule has 2 N–H and O–H groups in total. The predicted molar refractivity (Wildman–Crippen MR) is 43.5 cm³/mol. The molecule has 1 unspecified atom stereocenters. The second-order valence-electron chi connectivity index (χ2n) is 2.40. The molecule has 0 bridgehead atoms. The maximum absolute atomic E-state index is 11.8. The van der Waals surface area contributed by atoms with Crippen LogP contribution in [0.15, 0.2) is 23.9 Å². The van der Waals surface area contributed by atoms with Crippen molar-refractivity contribution in [3.8, 4) is 0 Å². The van der Waals surface area contributed by atoms with Gasteiger partial charge in [0.2, 0.25) is 0 Å². The molecule has 0 aromatic rings. The van der Waals surface area contributed by atoms with Crippen LogP contribution in [0, 0.1) is 0 Å². The Balaban J connectivity index is 2.44. The second-order valence-corrected chi connectivity index (χ2v) is 3.71. The molecule has 0 fully saturated rings. The van der Waals surface area contributed by atoms with E-state index >= 15 is 0 Å². The van der Waals surface area contributed by atoms with Gasteiger partial charge in [0.1, 0.15) is 0 Å². The highest BCUT2D eigenvalue weighted by atomic mass is 32.2. The maximum Gasteiger partial charge on any atom is 0.442 e. The third-order valence-electron chi connectivity index (χ3n) is 1.37. The van der Waals surface area contributed by atoms with Crippen molar-refractivity contribution in [1.29, 1.82) is 0 Å². The Kier molecular flexibility index (Phi) is 2.72. The molecule has 1 nitrogen and oxygen atoms in total. The summed E-state index contributed by atoms with van der Waals surface area (Å²) < 4.78 is 35.4. The van der Waals surface area contributed by atoms with Gasteiger partial charge in [0, 0.05) is 10.9 Å². The molecule has 1 rings (SSSR count). The van der Waals surface area contributed by atoms with Gasteiger partial charge in [-0.3, -0.25) is 0 Å². The largest absolute Gasteiger partial charge is 0.442 e. The van der Waals surface area contributed by atoms with Crippen molar-refractivity contribution in [1.82, 2.24) is 0 Å². The summed E-state index contributed by atoms with van der Waals surface area (Å²) in [5.74, 6) is 0. The van der Waals surface area contributed by atoms with Crippen molar-refractivity contribution in [3.05, 3.63) is 23.9 Å². The molecule has 68 valence electrons. The molecule has 0 saturated heterocycles. The lowest BCUT2D eigenvalue weighted by Crippen LogP contribution is -2.12. The van der Waals surface area contributed by atoms with Gasteiger partial charge in [-0.2, -0.15) is 13.2 Å². The number of thioether (sulfide) groups is 1. The average Bonchev–Trinajstić information content (AvgIpc) is 1.91. The fourth-order valence-electron chi connectivity index (χ4n) is 0.876. The fourth-order valence-corrected chi connectivity index (χ4v) is 1.57. The van der Waals surface area contributed by atoms with E-state index in [-0.39, 0.29) is 11.8 Å². The van der Waals surface area contributed by atoms with Crippen LogP contribution in [0.3, 0.4) is 0 Å². The van der Waals surface area contributed by atoms with Gasteiger partial charge < -0.3 is 5.73 Å². The van der Waals surface area contributed by atoms with Crippen LogP contribution in [0.5, 0.6) is 0 Å². The third kappa shape index (κ3) is 3.21. The number of nitrogens with two attached hydrogens (primary N) is 1. The first-order chi connectivity index (χ1) is 5.47. The Bertz CT molecular complexity index is 219. The van der Waals surface area contributed by atoms with E-state index in [2.05, 4.69) is 0 Å². The first-order valence-electron chi connectivity index (χ1n) is 3.36. The van der Waals surface area contributed by atoms with Gasteiger partial charge >= 0.3 is 5.51 Å². The van der Waals surface area contributed by atoms with Gasteiger partial charge in [0.15, 0.2) is 0 Å². The molecule has 0 heterocycles.